The number of para-hydroxylation sites is 1. The summed E-state index contributed by atoms with van der Waals surface area (Å²) in [6.07, 6.45) is 0.779. The molecule has 0 atom stereocenters. The molecule has 1 N–H and O–H groups in total. The molecular formula is C19H20O4. The van der Waals surface area contributed by atoms with Crippen LogP contribution in [0.5, 0.6) is 11.5 Å². The number of carbonyl (C=O) groups is 1. The molecule has 0 amide bonds. The molecule has 23 heavy (non-hydrogen) atoms. The molecule has 1 fully saturated rings. The van der Waals surface area contributed by atoms with Crippen LogP contribution in [0.15, 0.2) is 54.6 Å². The maximum Gasteiger partial charge on any atom is 0.309 e. The van der Waals surface area contributed by atoms with E-state index in [2.05, 4.69) is 0 Å². The van der Waals surface area contributed by atoms with Gasteiger partial charge in [-0.25, -0.2) is 0 Å². The SMILES string of the molecule is CCOC(=O)C1CC(O)(c2cccc(Oc3ccccc3)c2)C1. The zero-order chi connectivity index (χ0) is 16.3. The van der Waals surface area contributed by atoms with Gasteiger partial charge in [-0.2, -0.15) is 0 Å². The summed E-state index contributed by atoms with van der Waals surface area (Å²) in [5, 5.41) is 10.7. The number of benzene rings is 2. The third-order valence-corrected chi connectivity index (χ3v) is 4.14. The van der Waals surface area contributed by atoms with E-state index in [4.69, 9.17) is 9.47 Å². The minimum absolute atomic E-state index is 0.223. The fourth-order valence-corrected chi connectivity index (χ4v) is 2.89. The van der Waals surface area contributed by atoms with E-state index < -0.39 is 5.60 Å². The van der Waals surface area contributed by atoms with E-state index in [9.17, 15) is 9.90 Å². The van der Waals surface area contributed by atoms with Crippen LogP contribution < -0.4 is 4.74 Å². The van der Waals surface area contributed by atoms with Gasteiger partial charge in [-0.1, -0.05) is 30.3 Å². The van der Waals surface area contributed by atoms with Crippen molar-refractivity contribution in [3.63, 3.8) is 0 Å². The van der Waals surface area contributed by atoms with Crippen LogP contribution in [0, 0.1) is 5.92 Å². The molecule has 4 nitrogen and oxygen atoms in total. The fraction of sp³-hybridized carbons (Fsp3) is 0.316. The molecule has 1 saturated carbocycles. The van der Waals surface area contributed by atoms with Gasteiger partial charge in [0.15, 0.2) is 0 Å². The molecule has 0 saturated heterocycles. The van der Waals surface area contributed by atoms with Crippen molar-refractivity contribution in [2.24, 2.45) is 5.92 Å². The minimum Gasteiger partial charge on any atom is -0.466 e. The van der Waals surface area contributed by atoms with Crippen molar-refractivity contribution in [3.05, 3.63) is 60.2 Å². The van der Waals surface area contributed by atoms with Crippen LogP contribution in [-0.2, 0) is 15.1 Å². The van der Waals surface area contributed by atoms with Gasteiger partial charge in [0.05, 0.1) is 18.1 Å². The van der Waals surface area contributed by atoms with Crippen molar-refractivity contribution in [3.8, 4) is 11.5 Å². The fourth-order valence-electron chi connectivity index (χ4n) is 2.89. The van der Waals surface area contributed by atoms with E-state index >= 15 is 0 Å². The summed E-state index contributed by atoms with van der Waals surface area (Å²) in [5.41, 5.74) is -0.209. The Morgan fingerprint density at radius 3 is 2.52 bits per heavy atom. The smallest absolute Gasteiger partial charge is 0.309 e. The zero-order valence-electron chi connectivity index (χ0n) is 13.1. The summed E-state index contributed by atoms with van der Waals surface area (Å²) in [6, 6.07) is 16.9. The van der Waals surface area contributed by atoms with Gasteiger partial charge in [0.2, 0.25) is 0 Å². The zero-order valence-corrected chi connectivity index (χ0v) is 13.1. The topological polar surface area (TPSA) is 55.8 Å². The molecule has 0 aliphatic heterocycles. The number of carbonyl (C=O) groups excluding carboxylic acids is 1. The molecule has 0 heterocycles. The molecule has 1 aliphatic rings. The average molecular weight is 312 g/mol. The Kier molecular flexibility index (Phi) is 4.35. The summed E-state index contributed by atoms with van der Waals surface area (Å²) in [6.45, 7) is 2.15. The summed E-state index contributed by atoms with van der Waals surface area (Å²) in [7, 11) is 0. The van der Waals surface area contributed by atoms with Gasteiger partial charge in [-0.15, -0.1) is 0 Å². The first-order valence-electron chi connectivity index (χ1n) is 7.83. The predicted octanol–water partition coefficient (Wildman–Crippen LogP) is 3.64. The van der Waals surface area contributed by atoms with Crippen LogP contribution in [0.1, 0.15) is 25.3 Å². The normalized spacial score (nSPS) is 23.0. The Hall–Kier alpha value is -2.33. The quantitative estimate of drug-likeness (QED) is 0.856. The Labute approximate surface area is 135 Å². The summed E-state index contributed by atoms with van der Waals surface area (Å²) in [5.74, 6) is 0.962. The molecule has 2 aromatic rings. The lowest BCUT2D eigenvalue weighted by molar-refractivity contribution is -0.165. The van der Waals surface area contributed by atoms with Crippen LogP contribution in [0.2, 0.25) is 0 Å². The van der Waals surface area contributed by atoms with Crippen molar-refractivity contribution < 1.29 is 19.4 Å². The van der Waals surface area contributed by atoms with Gasteiger partial charge >= 0.3 is 5.97 Å². The van der Waals surface area contributed by atoms with Crippen molar-refractivity contribution >= 4 is 5.97 Å². The largest absolute Gasteiger partial charge is 0.466 e. The Morgan fingerprint density at radius 2 is 1.83 bits per heavy atom. The summed E-state index contributed by atoms with van der Waals surface area (Å²) >= 11 is 0. The number of hydrogen-bond acceptors (Lipinski definition) is 4. The molecule has 4 heteroatoms. The van der Waals surface area contributed by atoms with Crippen LogP contribution in [-0.4, -0.2) is 17.7 Å². The molecule has 0 radical (unpaired) electrons. The second kappa shape index (κ2) is 6.42. The number of ether oxygens (including phenoxy) is 2. The third-order valence-electron chi connectivity index (χ3n) is 4.14. The Morgan fingerprint density at radius 1 is 1.13 bits per heavy atom. The lowest BCUT2D eigenvalue weighted by Crippen LogP contribution is -2.45. The Balaban J connectivity index is 1.70. The predicted molar refractivity (Wildman–Crippen MR) is 86.2 cm³/mol. The molecule has 120 valence electrons. The van der Waals surface area contributed by atoms with E-state index in [0.717, 1.165) is 11.3 Å². The molecule has 1 aliphatic carbocycles. The summed E-state index contributed by atoms with van der Waals surface area (Å²) < 4.78 is 10.8. The lowest BCUT2D eigenvalue weighted by atomic mass is 9.67. The first-order chi connectivity index (χ1) is 11.1. The van der Waals surface area contributed by atoms with Crippen LogP contribution in [0.3, 0.4) is 0 Å². The minimum atomic E-state index is -0.979. The number of hydrogen-bond donors (Lipinski definition) is 1. The van der Waals surface area contributed by atoms with Crippen LogP contribution in [0.4, 0.5) is 0 Å². The van der Waals surface area contributed by atoms with Crippen molar-refractivity contribution in [1.82, 2.24) is 0 Å². The van der Waals surface area contributed by atoms with Gasteiger partial charge in [-0.05, 0) is 49.6 Å². The van der Waals surface area contributed by atoms with E-state index in [1.54, 1.807) is 6.92 Å². The first-order valence-corrected chi connectivity index (χ1v) is 7.83. The average Bonchev–Trinajstić information content (AvgIpc) is 2.53. The summed E-state index contributed by atoms with van der Waals surface area (Å²) in [4.78, 5) is 11.7. The second-order valence-corrected chi connectivity index (χ2v) is 5.83. The molecule has 2 aromatic carbocycles. The van der Waals surface area contributed by atoms with E-state index in [1.165, 1.54) is 0 Å². The number of esters is 1. The lowest BCUT2D eigenvalue weighted by Gasteiger charge is -2.42. The van der Waals surface area contributed by atoms with Crippen molar-refractivity contribution in [2.45, 2.75) is 25.4 Å². The monoisotopic (exact) mass is 312 g/mol. The second-order valence-electron chi connectivity index (χ2n) is 5.83. The highest BCUT2D eigenvalue weighted by atomic mass is 16.5. The van der Waals surface area contributed by atoms with E-state index in [1.807, 2.05) is 54.6 Å². The van der Waals surface area contributed by atoms with Crippen LogP contribution >= 0.6 is 0 Å². The molecule has 0 bridgehead atoms. The highest BCUT2D eigenvalue weighted by Gasteiger charge is 2.48. The molecule has 0 aromatic heterocycles. The maximum atomic E-state index is 11.7. The van der Waals surface area contributed by atoms with Crippen molar-refractivity contribution in [1.29, 1.82) is 0 Å². The highest BCUT2D eigenvalue weighted by Crippen LogP contribution is 2.46. The first kappa shape index (κ1) is 15.6. The number of aliphatic hydroxyl groups is 1. The third kappa shape index (κ3) is 3.37. The molecule has 0 unspecified atom stereocenters. The van der Waals surface area contributed by atoms with Gasteiger partial charge in [-0.3, -0.25) is 4.79 Å². The molecular weight excluding hydrogens is 292 g/mol. The van der Waals surface area contributed by atoms with Crippen LogP contribution in [0.25, 0.3) is 0 Å². The van der Waals surface area contributed by atoms with E-state index in [0.29, 0.717) is 25.2 Å². The van der Waals surface area contributed by atoms with Gasteiger partial charge in [0.25, 0.3) is 0 Å². The molecule has 3 rings (SSSR count). The van der Waals surface area contributed by atoms with Crippen molar-refractivity contribution in [2.75, 3.05) is 6.61 Å². The standard InChI is InChI=1S/C19H20O4/c1-2-22-18(20)14-12-19(21,13-14)15-7-6-10-17(11-15)23-16-8-4-3-5-9-16/h3-11,14,21H,2,12-13H2,1H3. The van der Waals surface area contributed by atoms with E-state index in [-0.39, 0.29) is 11.9 Å². The van der Waals surface area contributed by atoms with Gasteiger partial charge in [0.1, 0.15) is 11.5 Å². The van der Waals surface area contributed by atoms with Gasteiger partial charge < -0.3 is 14.6 Å². The maximum absolute atomic E-state index is 11.7. The number of rotatable bonds is 5. The molecule has 0 spiro atoms. The highest BCUT2D eigenvalue weighted by molar-refractivity contribution is 5.74. The Bertz CT molecular complexity index is 675. The van der Waals surface area contributed by atoms with Gasteiger partial charge in [0, 0.05) is 0 Å².